The standard InChI is InChI=1S/C17H27F3O5/c1-10-6-5-9-14(3)22-13-15(4,25-24-14)12(8-7-10)11(2)16(21,23-13)17(18,19)20/h10-13,21H,5-9H2,1-4H3/t10-,11+,12-,13-,14-,15+,16+/m0/s1. The molecular formula is C17H27F3O5. The van der Waals surface area contributed by atoms with Gasteiger partial charge in [0.15, 0.2) is 11.9 Å². The van der Waals surface area contributed by atoms with Crippen molar-refractivity contribution in [1.29, 1.82) is 0 Å². The number of hydrogen-bond acceptors (Lipinski definition) is 5. The number of rotatable bonds is 0. The van der Waals surface area contributed by atoms with Crippen LogP contribution < -0.4 is 0 Å². The Labute approximate surface area is 145 Å². The van der Waals surface area contributed by atoms with Crippen molar-refractivity contribution in [2.24, 2.45) is 17.8 Å². The largest absolute Gasteiger partial charge is 0.443 e. The second kappa shape index (κ2) is 6.05. The molecule has 4 bridgehead atoms. The zero-order valence-corrected chi connectivity index (χ0v) is 15.1. The molecule has 4 fully saturated rings. The summed E-state index contributed by atoms with van der Waals surface area (Å²) in [7, 11) is 0. The predicted octanol–water partition coefficient (Wildman–Crippen LogP) is 3.90. The van der Waals surface area contributed by atoms with Crippen LogP contribution in [0.4, 0.5) is 13.2 Å². The molecule has 4 heterocycles. The van der Waals surface area contributed by atoms with E-state index >= 15 is 0 Å². The summed E-state index contributed by atoms with van der Waals surface area (Å²) >= 11 is 0. The van der Waals surface area contributed by atoms with Gasteiger partial charge in [0.2, 0.25) is 5.79 Å². The summed E-state index contributed by atoms with van der Waals surface area (Å²) in [5.41, 5.74) is -1.22. The second-order valence-corrected chi connectivity index (χ2v) is 8.22. The van der Waals surface area contributed by atoms with Crippen LogP contribution in [-0.2, 0) is 19.2 Å². The van der Waals surface area contributed by atoms with Crippen LogP contribution in [0.25, 0.3) is 0 Å². The molecule has 7 atom stereocenters. The van der Waals surface area contributed by atoms with Crippen molar-refractivity contribution in [3.8, 4) is 0 Å². The van der Waals surface area contributed by atoms with Crippen molar-refractivity contribution >= 4 is 0 Å². The van der Waals surface area contributed by atoms with Crippen LogP contribution in [0.2, 0.25) is 0 Å². The van der Waals surface area contributed by atoms with Crippen LogP contribution in [0.1, 0.15) is 59.8 Å². The van der Waals surface area contributed by atoms with E-state index in [4.69, 9.17) is 19.2 Å². The number of fused-ring (bicyclic) bond motifs is 6. The molecule has 0 spiro atoms. The van der Waals surface area contributed by atoms with Crippen molar-refractivity contribution < 1.29 is 37.5 Å². The average molecular weight is 368 g/mol. The fourth-order valence-corrected chi connectivity index (χ4v) is 4.34. The quantitative estimate of drug-likeness (QED) is 0.657. The molecule has 1 N–H and O–H groups in total. The van der Waals surface area contributed by atoms with Gasteiger partial charge in [0.1, 0.15) is 0 Å². The van der Waals surface area contributed by atoms with Crippen LogP contribution in [0.15, 0.2) is 0 Å². The molecule has 4 aliphatic heterocycles. The zero-order chi connectivity index (χ0) is 18.7. The molecule has 0 amide bonds. The highest BCUT2D eigenvalue weighted by atomic mass is 19.4. The monoisotopic (exact) mass is 368 g/mol. The third-order valence-corrected chi connectivity index (χ3v) is 6.17. The lowest BCUT2D eigenvalue weighted by atomic mass is 9.69. The molecule has 0 saturated carbocycles. The first-order valence-corrected chi connectivity index (χ1v) is 8.93. The Morgan fingerprint density at radius 1 is 1.00 bits per heavy atom. The van der Waals surface area contributed by atoms with Gasteiger partial charge in [0.25, 0.3) is 5.79 Å². The van der Waals surface area contributed by atoms with E-state index < -0.39 is 41.5 Å². The summed E-state index contributed by atoms with van der Waals surface area (Å²) in [6, 6.07) is 0. The summed E-state index contributed by atoms with van der Waals surface area (Å²) in [4.78, 5) is 11.1. The predicted molar refractivity (Wildman–Crippen MR) is 80.8 cm³/mol. The maximum atomic E-state index is 13.6. The first-order chi connectivity index (χ1) is 11.4. The minimum absolute atomic E-state index is 0.358. The van der Waals surface area contributed by atoms with E-state index in [0.717, 1.165) is 19.3 Å². The summed E-state index contributed by atoms with van der Waals surface area (Å²) in [5, 5.41) is 10.4. The Kier molecular flexibility index (Phi) is 4.69. The first-order valence-electron chi connectivity index (χ1n) is 8.93. The Hall–Kier alpha value is -0.410. The number of aliphatic hydroxyl groups is 1. The molecule has 0 radical (unpaired) electrons. The van der Waals surface area contributed by atoms with Gasteiger partial charge in [0.05, 0.1) is 0 Å². The highest BCUT2D eigenvalue weighted by Gasteiger charge is 2.71. The van der Waals surface area contributed by atoms with E-state index in [1.165, 1.54) is 6.92 Å². The van der Waals surface area contributed by atoms with Gasteiger partial charge in [-0.05, 0) is 32.6 Å². The van der Waals surface area contributed by atoms with Gasteiger partial charge < -0.3 is 14.6 Å². The van der Waals surface area contributed by atoms with Gasteiger partial charge >= 0.3 is 6.18 Å². The fraction of sp³-hybridized carbons (Fsp3) is 1.00. The molecule has 0 aromatic heterocycles. The maximum absolute atomic E-state index is 13.6. The highest BCUT2D eigenvalue weighted by molar-refractivity contribution is 5.03. The topological polar surface area (TPSA) is 57.2 Å². The second-order valence-electron chi connectivity index (χ2n) is 8.22. The van der Waals surface area contributed by atoms with Crippen molar-refractivity contribution in [3.63, 3.8) is 0 Å². The molecule has 4 rings (SSSR count). The lowest BCUT2D eigenvalue weighted by molar-refractivity contribution is -0.592. The summed E-state index contributed by atoms with van der Waals surface area (Å²) in [6.07, 6.45) is -2.91. The number of ether oxygens (including phenoxy) is 2. The van der Waals surface area contributed by atoms with Crippen LogP contribution in [0, 0.1) is 17.8 Å². The van der Waals surface area contributed by atoms with Crippen molar-refractivity contribution in [3.05, 3.63) is 0 Å². The van der Waals surface area contributed by atoms with Crippen LogP contribution in [0.5, 0.6) is 0 Å². The first kappa shape index (κ1) is 19.4. The lowest BCUT2D eigenvalue weighted by Gasteiger charge is -2.58. The summed E-state index contributed by atoms with van der Waals surface area (Å²) < 4.78 is 51.8. The fourth-order valence-electron chi connectivity index (χ4n) is 4.34. The normalized spacial score (nSPS) is 51.8. The number of hydrogen-bond donors (Lipinski definition) is 1. The molecule has 146 valence electrons. The maximum Gasteiger partial charge on any atom is 0.443 e. The highest BCUT2D eigenvalue weighted by Crippen LogP contribution is 2.55. The van der Waals surface area contributed by atoms with E-state index in [1.807, 2.05) is 0 Å². The molecular weight excluding hydrogens is 341 g/mol. The Balaban J connectivity index is 2.03. The Morgan fingerprint density at radius 2 is 1.68 bits per heavy atom. The van der Waals surface area contributed by atoms with Crippen LogP contribution >= 0.6 is 0 Å². The molecule has 0 aromatic carbocycles. The number of halogens is 3. The lowest BCUT2D eigenvalue weighted by Crippen LogP contribution is -2.72. The van der Waals surface area contributed by atoms with Gasteiger partial charge in [-0.2, -0.15) is 13.2 Å². The summed E-state index contributed by atoms with van der Waals surface area (Å²) in [6.45, 7) is 6.70. The van der Waals surface area contributed by atoms with Gasteiger partial charge in [-0.25, -0.2) is 9.78 Å². The van der Waals surface area contributed by atoms with Crippen LogP contribution in [-0.4, -0.2) is 34.7 Å². The molecule has 25 heavy (non-hydrogen) atoms. The van der Waals surface area contributed by atoms with Crippen molar-refractivity contribution in [2.75, 3.05) is 0 Å². The third kappa shape index (κ3) is 3.10. The van der Waals surface area contributed by atoms with E-state index in [2.05, 4.69) is 6.92 Å². The molecule has 5 nitrogen and oxygen atoms in total. The van der Waals surface area contributed by atoms with Gasteiger partial charge in [-0.1, -0.05) is 26.7 Å². The minimum Gasteiger partial charge on any atom is -0.358 e. The van der Waals surface area contributed by atoms with E-state index in [-0.39, 0.29) is 0 Å². The van der Waals surface area contributed by atoms with Gasteiger partial charge in [-0.3, -0.25) is 0 Å². The van der Waals surface area contributed by atoms with E-state index in [9.17, 15) is 18.3 Å². The molecule has 0 aliphatic carbocycles. The zero-order valence-electron chi connectivity index (χ0n) is 15.1. The molecule has 4 aliphatic rings. The van der Waals surface area contributed by atoms with E-state index in [1.54, 1.807) is 13.8 Å². The van der Waals surface area contributed by atoms with Crippen molar-refractivity contribution in [1.82, 2.24) is 0 Å². The van der Waals surface area contributed by atoms with Crippen molar-refractivity contribution in [2.45, 2.75) is 89.4 Å². The van der Waals surface area contributed by atoms with E-state index in [0.29, 0.717) is 18.8 Å². The molecule has 4 saturated heterocycles. The Bertz CT molecular complexity index is 515. The SMILES string of the molecule is C[C@H]1CCC[C@]2(C)OO[C@@]3(C)[C@@H](O2)O[C@@](O)(C(F)(F)F)[C@H](C)[C@@H]3CC1. The molecule has 0 unspecified atom stereocenters. The average Bonchev–Trinajstić information content (AvgIpc) is 2.51. The summed E-state index contributed by atoms with van der Waals surface area (Å²) in [5.74, 6) is -5.98. The van der Waals surface area contributed by atoms with Crippen LogP contribution in [0.3, 0.4) is 0 Å². The third-order valence-electron chi connectivity index (χ3n) is 6.17. The molecule has 0 aromatic rings. The minimum atomic E-state index is -4.93. The van der Waals surface area contributed by atoms with Gasteiger partial charge in [-0.15, -0.1) is 0 Å². The molecule has 8 heteroatoms. The smallest absolute Gasteiger partial charge is 0.358 e. The Morgan fingerprint density at radius 3 is 2.32 bits per heavy atom. The number of alkyl halides is 3. The van der Waals surface area contributed by atoms with Gasteiger partial charge in [0, 0.05) is 18.3 Å².